The minimum atomic E-state index is -0.0868. The second kappa shape index (κ2) is 4.52. The lowest BCUT2D eigenvalue weighted by atomic mass is 9.79. The fourth-order valence-electron chi connectivity index (χ4n) is 3.41. The van der Waals surface area contributed by atoms with E-state index in [1.165, 1.54) is 0 Å². The standard InChI is InChI=1S/C16H16O2/c17-10-14-12-6-7-13(9-12)16(14)15(18)8-11-4-2-1-3-5-11/h1-7,10,12-14,16H,8-9H2/t12-,13+,14-,16+/m1/s1. The van der Waals surface area contributed by atoms with Gasteiger partial charge < -0.3 is 4.79 Å². The number of aldehydes is 1. The molecule has 1 saturated carbocycles. The summed E-state index contributed by atoms with van der Waals surface area (Å²) in [5, 5.41) is 0. The molecule has 0 aromatic heterocycles. The Labute approximate surface area is 107 Å². The highest BCUT2D eigenvalue weighted by atomic mass is 16.1. The van der Waals surface area contributed by atoms with Gasteiger partial charge >= 0.3 is 0 Å². The molecule has 4 atom stereocenters. The van der Waals surface area contributed by atoms with Crippen LogP contribution in [0, 0.1) is 23.7 Å². The molecule has 2 nitrogen and oxygen atoms in total. The van der Waals surface area contributed by atoms with Crippen LogP contribution in [0.25, 0.3) is 0 Å². The third-order valence-corrected chi connectivity index (χ3v) is 4.27. The fourth-order valence-corrected chi connectivity index (χ4v) is 3.41. The molecule has 2 bridgehead atoms. The summed E-state index contributed by atoms with van der Waals surface area (Å²) in [6.45, 7) is 0. The molecule has 0 saturated heterocycles. The number of allylic oxidation sites excluding steroid dienone is 2. The molecule has 1 fully saturated rings. The number of carbonyl (C=O) groups excluding carboxylic acids is 2. The van der Waals surface area contributed by atoms with Gasteiger partial charge in [-0.1, -0.05) is 42.5 Å². The molecule has 3 rings (SSSR count). The second-order valence-corrected chi connectivity index (χ2v) is 5.32. The maximum absolute atomic E-state index is 12.4. The van der Waals surface area contributed by atoms with Crippen LogP contribution < -0.4 is 0 Å². The van der Waals surface area contributed by atoms with Gasteiger partial charge in [-0.05, 0) is 23.8 Å². The van der Waals surface area contributed by atoms with Crippen molar-refractivity contribution in [1.82, 2.24) is 0 Å². The third-order valence-electron chi connectivity index (χ3n) is 4.27. The van der Waals surface area contributed by atoms with Crippen molar-refractivity contribution in [2.24, 2.45) is 23.7 Å². The highest BCUT2D eigenvalue weighted by Gasteiger charge is 2.47. The highest BCUT2D eigenvalue weighted by molar-refractivity contribution is 5.87. The summed E-state index contributed by atoms with van der Waals surface area (Å²) >= 11 is 0. The summed E-state index contributed by atoms with van der Waals surface area (Å²) in [5.41, 5.74) is 1.04. The van der Waals surface area contributed by atoms with E-state index in [1.54, 1.807) is 0 Å². The van der Waals surface area contributed by atoms with Crippen LogP contribution in [-0.2, 0) is 16.0 Å². The van der Waals surface area contributed by atoms with Crippen molar-refractivity contribution in [2.45, 2.75) is 12.8 Å². The Kier molecular flexibility index (Phi) is 2.86. The van der Waals surface area contributed by atoms with Gasteiger partial charge in [-0.2, -0.15) is 0 Å². The van der Waals surface area contributed by atoms with Gasteiger partial charge in [-0.25, -0.2) is 0 Å². The van der Waals surface area contributed by atoms with Gasteiger partial charge in [0.15, 0.2) is 0 Å². The summed E-state index contributed by atoms with van der Waals surface area (Å²) in [7, 11) is 0. The van der Waals surface area contributed by atoms with Crippen LogP contribution in [0.15, 0.2) is 42.5 Å². The van der Waals surface area contributed by atoms with Gasteiger partial charge in [0.05, 0.1) is 0 Å². The van der Waals surface area contributed by atoms with E-state index in [-0.39, 0.29) is 17.6 Å². The summed E-state index contributed by atoms with van der Waals surface area (Å²) in [5.74, 6) is 0.641. The molecule has 1 aromatic rings. The lowest BCUT2D eigenvalue weighted by Crippen LogP contribution is -2.29. The maximum atomic E-state index is 12.4. The lowest BCUT2D eigenvalue weighted by Gasteiger charge is -2.22. The SMILES string of the molecule is O=C[C@H]1[C@@H](C(=O)Cc2ccccc2)[C@H]2C=C[C@@H]1C2. The topological polar surface area (TPSA) is 34.1 Å². The van der Waals surface area contributed by atoms with Crippen molar-refractivity contribution >= 4 is 12.1 Å². The molecule has 2 aliphatic carbocycles. The first-order valence-corrected chi connectivity index (χ1v) is 6.50. The zero-order chi connectivity index (χ0) is 12.5. The Hall–Kier alpha value is -1.70. The summed E-state index contributed by atoms with van der Waals surface area (Å²) in [6.07, 6.45) is 6.65. The smallest absolute Gasteiger partial charge is 0.141 e. The van der Waals surface area contributed by atoms with Crippen molar-refractivity contribution in [3.63, 3.8) is 0 Å². The summed E-state index contributed by atoms with van der Waals surface area (Å²) < 4.78 is 0. The van der Waals surface area contributed by atoms with Crippen LogP contribution in [0.3, 0.4) is 0 Å². The molecular formula is C16H16O2. The van der Waals surface area contributed by atoms with Crippen LogP contribution in [0.2, 0.25) is 0 Å². The number of carbonyl (C=O) groups is 2. The zero-order valence-electron chi connectivity index (χ0n) is 10.2. The van der Waals surface area contributed by atoms with Crippen LogP contribution in [0.5, 0.6) is 0 Å². The predicted molar refractivity (Wildman–Crippen MR) is 68.9 cm³/mol. The van der Waals surface area contributed by atoms with Crippen molar-refractivity contribution in [3.8, 4) is 0 Å². The Morgan fingerprint density at radius 1 is 1.17 bits per heavy atom. The Morgan fingerprint density at radius 3 is 2.61 bits per heavy atom. The average molecular weight is 240 g/mol. The van der Waals surface area contributed by atoms with E-state index in [0.29, 0.717) is 18.3 Å². The number of fused-ring (bicyclic) bond motifs is 2. The number of Topliss-reactive ketones (excluding diaryl/α,β-unsaturated/α-hetero) is 1. The molecule has 0 unspecified atom stereocenters. The molecule has 2 aliphatic rings. The molecule has 0 radical (unpaired) electrons. The fraction of sp³-hybridized carbons (Fsp3) is 0.375. The third kappa shape index (κ3) is 1.82. The number of hydrogen-bond acceptors (Lipinski definition) is 2. The average Bonchev–Trinajstić information content (AvgIpc) is 2.99. The minimum absolute atomic E-state index is 0.0855. The second-order valence-electron chi connectivity index (χ2n) is 5.32. The molecule has 0 heterocycles. The number of hydrogen-bond donors (Lipinski definition) is 0. The van der Waals surface area contributed by atoms with E-state index in [1.807, 2.05) is 30.3 Å². The Balaban J connectivity index is 1.77. The van der Waals surface area contributed by atoms with Crippen molar-refractivity contribution in [2.75, 3.05) is 0 Å². The first kappa shape index (κ1) is 11.4. The van der Waals surface area contributed by atoms with Gasteiger partial charge in [0.25, 0.3) is 0 Å². The predicted octanol–water partition coefficient (Wildman–Crippen LogP) is 2.44. The van der Waals surface area contributed by atoms with Crippen molar-refractivity contribution in [1.29, 1.82) is 0 Å². The maximum Gasteiger partial charge on any atom is 0.141 e. The first-order chi connectivity index (χ1) is 8.79. The molecule has 0 N–H and O–H groups in total. The van der Waals surface area contributed by atoms with Gasteiger partial charge in [0, 0.05) is 18.3 Å². The van der Waals surface area contributed by atoms with E-state index in [4.69, 9.17) is 0 Å². The zero-order valence-corrected chi connectivity index (χ0v) is 10.2. The number of benzene rings is 1. The van der Waals surface area contributed by atoms with E-state index < -0.39 is 0 Å². The van der Waals surface area contributed by atoms with Crippen LogP contribution in [0.4, 0.5) is 0 Å². The first-order valence-electron chi connectivity index (χ1n) is 6.50. The van der Waals surface area contributed by atoms with Gasteiger partial charge in [0.2, 0.25) is 0 Å². The van der Waals surface area contributed by atoms with Crippen molar-refractivity contribution in [3.05, 3.63) is 48.0 Å². The van der Waals surface area contributed by atoms with Gasteiger partial charge in [-0.15, -0.1) is 0 Å². The molecule has 0 spiro atoms. The molecule has 0 amide bonds. The molecule has 18 heavy (non-hydrogen) atoms. The van der Waals surface area contributed by atoms with E-state index in [2.05, 4.69) is 12.2 Å². The largest absolute Gasteiger partial charge is 0.303 e. The minimum Gasteiger partial charge on any atom is -0.303 e. The normalized spacial score (nSPS) is 32.7. The Bertz CT molecular complexity index is 489. The van der Waals surface area contributed by atoms with Crippen molar-refractivity contribution < 1.29 is 9.59 Å². The Morgan fingerprint density at radius 2 is 1.89 bits per heavy atom. The van der Waals surface area contributed by atoms with Crippen LogP contribution >= 0.6 is 0 Å². The van der Waals surface area contributed by atoms with Gasteiger partial charge in [-0.3, -0.25) is 4.79 Å². The molecule has 92 valence electrons. The summed E-state index contributed by atoms with van der Waals surface area (Å²) in [4.78, 5) is 23.6. The van der Waals surface area contributed by atoms with E-state index >= 15 is 0 Å². The monoisotopic (exact) mass is 240 g/mol. The molecule has 0 aliphatic heterocycles. The van der Waals surface area contributed by atoms with Crippen LogP contribution in [-0.4, -0.2) is 12.1 Å². The van der Waals surface area contributed by atoms with Gasteiger partial charge in [0.1, 0.15) is 12.1 Å². The number of ketones is 1. The summed E-state index contributed by atoms with van der Waals surface area (Å²) in [6, 6.07) is 9.78. The quantitative estimate of drug-likeness (QED) is 0.598. The molecule has 1 aromatic carbocycles. The highest BCUT2D eigenvalue weighted by Crippen LogP contribution is 2.47. The lowest BCUT2D eigenvalue weighted by molar-refractivity contribution is -0.127. The van der Waals surface area contributed by atoms with E-state index in [0.717, 1.165) is 18.3 Å². The molecular weight excluding hydrogens is 224 g/mol. The molecule has 2 heteroatoms. The van der Waals surface area contributed by atoms with E-state index in [9.17, 15) is 9.59 Å². The number of rotatable bonds is 4. The van der Waals surface area contributed by atoms with Crippen LogP contribution in [0.1, 0.15) is 12.0 Å².